The fourth-order valence-corrected chi connectivity index (χ4v) is 7.06. The SMILES string of the molecule is CCn1c(-c2nc3cc(C(=O)N4CCC[C@@H](N)C4)cnc3n2CC2CC3(CCCO3)C2)cc2ccc(OC)nc21. The number of carbonyl (C=O) groups is 1. The van der Waals surface area contributed by atoms with Gasteiger partial charge in [0.2, 0.25) is 5.88 Å². The van der Waals surface area contributed by atoms with Crippen molar-refractivity contribution in [1.82, 2.24) is 29.0 Å². The smallest absolute Gasteiger partial charge is 0.255 e. The third-order valence-corrected chi connectivity index (χ3v) is 9.00. The van der Waals surface area contributed by atoms with E-state index < -0.39 is 0 Å². The molecule has 1 aliphatic carbocycles. The van der Waals surface area contributed by atoms with Crippen molar-refractivity contribution in [2.45, 2.75) is 70.2 Å². The summed E-state index contributed by atoms with van der Waals surface area (Å²) in [6.07, 6.45) is 8.02. The van der Waals surface area contributed by atoms with Crippen LogP contribution in [0.15, 0.2) is 30.5 Å². The number of methoxy groups -OCH3 is 1. The molecule has 0 aromatic carbocycles. The van der Waals surface area contributed by atoms with Crippen molar-refractivity contribution in [3.05, 3.63) is 36.0 Å². The summed E-state index contributed by atoms with van der Waals surface area (Å²) < 4.78 is 15.9. The molecule has 2 saturated heterocycles. The lowest BCUT2D eigenvalue weighted by Gasteiger charge is -2.44. The Bertz CT molecular complexity index is 1580. The second-order valence-electron chi connectivity index (χ2n) is 11.7. The number of hydrogen-bond acceptors (Lipinski definition) is 7. The van der Waals surface area contributed by atoms with E-state index in [0.717, 1.165) is 98.5 Å². The van der Waals surface area contributed by atoms with Crippen LogP contribution in [0.3, 0.4) is 0 Å². The second-order valence-corrected chi connectivity index (χ2v) is 11.7. The quantitative estimate of drug-likeness (QED) is 0.391. The van der Waals surface area contributed by atoms with Gasteiger partial charge in [-0.15, -0.1) is 0 Å². The number of hydrogen-bond donors (Lipinski definition) is 1. The molecule has 6 heterocycles. The summed E-state index contributed by atoms with van der Waals surface area (Å²) in [5.74, 6) is 1.89. The Morgan fingerprint density at radius 2 is 2.05 bits per heavy atom. The Morgan fingerprint density at radius 1 is 1.18 bits per heavy atom. The van der Waals surface area contributed by atoms with E-state index in [1.54, 1.807) is 13.3 Å². The number of aromatic nitrogens is 5. The van der Waals surface area contributed by atoms with Gasteiger partial charge in [0.1, 0.15) is 11.2 Å². The Balaban J connectivity index is 1.30. The number of fused-ring (bicyclic) bond motifs is 2. The van der Waals surface area contributed by atoms with E-state index in [9.17, 15) is 4.79 Å². The zero-order valence-electron chi connectivity index (χ0n) is 23.3. The molecule has 10 nitrogen and oxygen atoms in total. The molecule has 1 saturated carbocycles. The van der Waals surface area contributed by atoms with Crippen LogP contribution in [0.25, 0.3) is 33.7 Å². The Kier molecular flexibility index (Phi) is 6.27. The van der Waals surface area contributed by atoms with E-state index in [0.29, 0.717) is 23.9 Å². The monoisotopic (exact) mass is 543 g/mol. The average Bonchev–Trinajstić information content (AvgIpc) is 3.67. The van der Waals surface area contributed by atoms with Gasteiger partial charge in [-0.25, -0.2) is 9.97 Å². The molecule has 4 aromatic heterocycles. The molecule has 4 aromatic rings. The number of ether oxygens (including phenoxy) is 2. The third kappa shape index (κ3) is 4.25. The van der Waals surface area contributed by atoms with Gasteiger partial charge in [0.05, 0.1) is 24.0 Å². The first kappa shape index (κ1) is 25.5. The number of pyridine rings is 2. The van der Waals surface area contributed by atoms with Crippen molar-refractivity contribution in [1.29, 1.82) is 0 Å². The summed E-state index contributed by atoms with van der Waals surface area (Å²) >= 11 is 0. The number of imidazole rings is 1. The van der Waals surface area contributed by atoms with Crippen LogP contribution in [-0.4, -0.2) is 73.3 Å². The number of nitrogens with zero attached hydrogens (tertiary/aromatic N) is 6. The minimum Gasteiger partial charge on any atom is -0.481 e. The molecule has 0 bridgehead atoms. The van der Waals surface area contributed by atoms with E-state index in [-0.39, 0.29) is 17.6 Å². The highest BCUT2D eigenvalue weighted by atomic mass is 16.5. The fraction of sp³-hybridized carbons (Fsp3) is 0.533. The predicted octanol–water partition coefficient (Wildman–Crippen LogP) is 4.00. The summed E-state index contributed by atoms with van der Waals surface area (Å²) in [5.41, 5.74) is 10.2. The van der Waals surface area contributed by atoms with E-state index >= 15 is 0 Å². The maximum absolute atomic E-state index is 13.4. The molecule has 3 aliphatic rings. The van der Waals surface area contributed by atoms with Crippen LogP contribution in [0.1, 0.15) is 55.8 Å². The number of piperidine rings is 1. The summed E-state index contributed by atoms with van der Waals surface area (Å²) in [6, 6.07) is 7.99. The van der Waals surface area contributed by atoms with Crippen LogP contribution in [0.4, 0.5) is 0 Å². The summed E-state index contributed by atoms with van der Waals surface area (Å²) in [4.78, 5) is 29.9. The minimum atomic E-state index is -0.0288. The molecule has 3 fully saturated rings. The maximum atomic E-state index is 13.4. The van der Waals surface area contributed by atoms with Gasteiger partial charge < -0.3 is 29.2 Å². The summed E-state index contributed by atoms with van der Waals surface area (Å²) in [7, 11) is 1.63. The zero-order valence-corrected chi connectivity index (χ0v) is 23.3. The normalized spacial score (nSPS) is 24.7. The highest BCUT2D eigenvalue weighted by Gasteiger charge is 2.47. The van der Waals surface area contributed by atoms with Gasteiger partial charge in [-0.2, -0.15) is 4.98 Å². The largest absolute Gasteiger partial charge is 0.481 e. The standard InChI is InChI=1S/C30H37N7O3/c1-3-36-24(13-20-7-8-25(39-2)34-26(20)36)28-33-23-12-21(29(38)35-10-4-6-22(31)18-35)16-32-27(23)37(28)17-19-14-30(15-19)9-5-11-40-30/h7-8,12-13,16,19,22H,3-6,9-11,14-15,17-18,31H2,1-2H3/t19?,22-,30?/m1/s1. The van der Waals surface area contributed by atoms with Crippen molar-refractivity contribution in [3.8, 4) is 17.4 Å². The highest BCUT2D eigenvalue weighted by molar-refractivity contribution is 5.97. The molecule has 0 radical (unpaired) electrons. The lowest BCUT2D eigenvalue weighted by atomic mass is 9.69. The van der Waals surface area contributed by atoms with Crippen LogP contribution in [0, 0.1) is 5.92 Å². The van der Waals surface area contributed by atoms with Gasteiger partial charge in [-0.1, -0.05) is 0 Å². The molecule has 1 spiro atoms. The third-order valence-electron chi connectivity index (χ3n) is 9.00. The average molecular weight is 544 g/mol. The second kappa shape index (κ2) is 9.85. The zero-order chi connectivity index (χ0) is 27.4. The number of aryl methyl sites for hydroxylation is 1. The van der Waals surface area contributed by atoms with E-state index in [2.05, 4.69) is 22.1 Å². The lowest BCUT2D eigenvalue weighted by molar-refractivity contribution is -0.0939. The van der Waals surface area contributed by atoms with Gasteiger partial charge in [0.25, 0.3) is 5.91 Å². The number of nitrogens with two attached hydrogens (primary N) is 1. The van der Waals surface area contributed by atoms with Crippen LogP contribution >= 0.6 is 0 Å². The molecule has 0 unspecified atom stereocenters. The molecule has 1 atom stereocenters. The van der Waals surface area contributed by atoms with Crippen LogP contribution in [-0.2, 0) is 17.8 Å². The van der Waals surface area contributed by atoms with Gasteiger partial charge in [-0.05, 0) is 69.6 Å². The lowest BCUT2D eigenvalue weighted by Crippen LogP contribution is -2.45. The molecule has 2 aliphatic heterocycles. The summed E-state index contributed by atoms with van der Waals surface area (Å²) in [6.45, 7) is 5.83. The molecular weight excluding hydrogens is 506 g/mol. The summed E-state index contributed by atoms with van der Waals surface area (Å²) in [5, 5.41) is 1.03. The van der Waals surface area contributed by atoms with Gasteiger partial charge in [0.15, 0.2) is 11.5 Å². The first-order chi connectivity index (χ1) is 19.5. The number of amides is 1. The molecule has 7 rings (SSSR count). The maximum Gasteiger partial charge on any atom is 0.255 e. The molecule has 2 N–H and O–H groups in total. The Morgan fingerprint density at radius 3 is 2.80 bits per heavy atom. The van der Waals surface area contributed by atoms with E-state index in [1.807, 2.05) is 23.1 Å². The Labute approximate surface area is 233 Å². The first-order valence-electron chi connectivity index (χ1n) is 14.6. The Hall–Kier alpha value is -3.50. The molecular formula is C30H37N7O3. The van der Waals surface area contributed by atoms with Crippen molar-refractivity contribution in [2.75, 3.05) is 26.8 Å². The van der Waals surface area contributed by atoms with Gasteiger partial charge in [0, 0.05) is 56.5 Å². The predicted molar refractivity (Wildman–Crippen MR) is 152 cm³/mol. The first-order valence-corrected chi connectivity index (χ1v) is 14.6. The van der Waals surface area contributed by atoms with Crippen LogP contribution in [0.5, 0.6) is 5.88 Å². The van der Waals surface area contributed by atoms with Crippen molar-refractivity contribution in [2.24, 2.45) is 11.7 Å². The van der Waals surface area contributed by atoms with Crippen molar-refractivity contribution in [3.63, 3.8) is 0 Å². The van der Waals surface area contributed by atoms with Gasteiger partial charge in [-0.3, -0.25) is 4.79 Å². The van der Waals surface area contributed by atoms with Crippen molar-refractivity contribution < 1.29 is 14.3 Å². The minimum absolute atomic E-state index is 0.0259. The fourth-order valence-electron chi connectivity index (χ4n) is 7.06. The molecule has 40 heavy (non-hydrogen) atoms. The highest BCUT2D eigenvalue weighted by Crippen LogP contribution is 2.48. The number of rotatable bonds is 6. The number of carbonyl (C=O) groups excluding carboxylic acids is 1. The molecule has 10 heteroatoms. The van der Waals surface area contributed by atoms with E-state index in [4.69, 9.17) is 30.2 Å². The van der Waals surface area contributed by atoms with E-state index in [1.165, 1.54) is 0 Å². The number of likely N-dealkylation sites (tertiary alicyclic amines) is 1. The van der Waals surface area contributed by atoms with Crippen LogP contribution < -0.4 is 10.5 Å². The van der Waals surface area contributed by atoms with Gasteiger partial charge >= 0.3 is 0 Å². The topological polar surface area (TPSA) is 113 Å². The van der Waals surface area contributed by atoms with Crippen LogP contribution in [0.2, 0.25) is 0 Å². The molecule has 210 valence electrons. The van der Waals surface area contributed by atoms with Crippen molar-refractivity contribution >= 4 is 28.1 Å². The molecule has 1 amide bonds.